The van der Waals surface area contributed by atoms with Gasteiger partial charge in [-0.25, -0.2) is 24.0 Å². The van der Waals surface area contributed by atoms with Gasteiger partial charge in [0.25, 0.3) is 0 Å². The van der Waals surface area contributed by atoms with Crippen molar-refractivity contribution in [1.82, 2.24) is 0 Å². The number of hydrogen-bond donors (Lipinski definition) is 0. The Morgan fingerprint density at radius 2 is 0.488 bits per heavy atom. The van der Waals surface area contributed by atoms with Crippen molar-refractivity contribution in [2.75, 3.05) is 134 Å². The molecule has 0 aliphatic heterocycles. The molecule has 0 amide bonds. The molecule has 0 unspecified atom stereocenters. The first-order valence-corrected chi connectivity index (χ1v) is 38.9. The van der Waals surface area contributed by atoms with Crippen molar-refractivity contribution in [2.45, 2.75) is 140 Å². The van der Waals surface area contributed by atoms with Gasteiger partial charge >= 0.3 is 73.9 Å². The number of esters is 5. The Balaban J connectivity index is -0.000000319. The molecule has 0 saturated heterocycles. The SMILES string of the molecule is C=C(C)C(=O)OCCC[Si](OCC)(OCC)OCC.C=C(C)C(=O)OCC[Si](OCC)(OCC)OCC.C=CC(=O)OCCC[Si](OCC)(OCC)OCC.C=CC(=O)OCC[Si](OC)(OC)OC.C=CC(=O)OCC[Si](OCC)(OCC)OCC. The van der Waals surface area contributed by atoms with E-state index in [1.807, 2.05) is 83.1 Å². The predicted octanol–water partition coefficient (Wildman–Crippen LogP) is 9.21. The predicted molar refractivity (Wildman–Crippen MR) is 338 cm³/mol. The summed E-state index contributed by atoms with van der Waals surface area (Å²) in [6.07, 6.45) is 4.70. The average molecular weight is 1330 g/mol. The van der Waals surface area contributed by atoms with Crippen molar-refractivity contribution in [3.63, 3.8) is 0 Å². The minimum atomic E-state index is -2.70. The molecule has 0 atom stereocenters. The lowest BCUT2D eigenvalue weighted by molar-refractivity contribution is -0.139. The fourth-order valence-electron chi connectivity index (χ4n) is 6.72. The second-order valence-electron chi connectivity index (χ2n) is 16.6. The second-order valence-corrected chi connectivity index (χ2v) is 30.6. The first kappa shape index (κ1) is 91.3. The largest absolute Gasteiger partial charge is 0.504 e. The maximum absolute atomic E-state index is 11.3. The molecule has 0 aromatic heterocycles. The molecule has 0 aliphatic carbocycles. The van der Waals surface area contributed by atoms with E-state index in [1.54, 1.807) is 13.8 Å². The molecule has 0 rings (SSSR count). The van der Waals surface area contributed by atoms with Gasteiger partial charge in [-0.1, -0.05) is 32.9 Å². The standard InChI is InChI=1S/C13H26O5Si.2C12H24O5Si.C11H22O5Si.C8H16O5Si/c1-6-16-19(17-7-2,18-8-3)11-9-10-15-13(14)12(4)5;1-6-15-18(16-7-2,17-8-3)10-9-14-12(13)11(4)5;1-5-12(13)14-10-9-11-18(15-6-2,16-7-3)17-8-4;1-5-11(12)13-9-10-17(14-6-2,15-7-3)16-8-4;1-5-8(9)13-6-7-14(10-2,11-3)12-4/h4,6-11H2,1-3,5H3;4,6-10H2,1-3,5H3;5H,1,6-11H2,2-4H3;5H,1,6-10H2,2-4H3;5H,1,6-7H2,2-4H3. The summed E-state index contributed by atoms with van der Waals surface area (Å²) in [5.74, 6) is -2.08. The van der Waals surface area contributed by atoms with Crippen LogP contribution in [-0.2, 0) is 114 Å². The van der Waals surface area contributed by atoms with Gasteiger partial charge < -0.3 is 90.1 Å². The Morgan fingerprint density at radius 1 is 0.302 bits per heavy atom. The van der Waals surface area contributed by atoms with Crippen molar-refractivity contribution in [2.24, 2.45) is 0 Å². The van der Waals surface area contributed by atoms with Gasteiger partial charge in [-0.2, -0.15) is 0 Å². The lowest BCUT2D eigenvalue weighted by atomic mass is 10.4. The first-order valence-electron chi connectivity index (χ1n) is 29.3. The van der Waals surface area contributed by atoms with E-state index in [9.17, 15) is 24.0 Å². The minimum absolute atomic E-state index is 0.201. The van der Waals surface area contributed by atoms with Gasteiger partial charge in [0.2, 0.25) is 0 Å². The highest BCUT2D eigenvalue weighted by atomic mass is 28.4. The number of ether oxygens (including phenoxy) is 5. The zero-order valence-electron chi connectivity index (χ0n) is 55.4. The molecule has 0 radical (unpaired) electrons. The van der Waals surface area contributed by atoms with Gasteiger partial charge in [0.05, 0.1) is 51.2 Å². The van der Waals surface area contributed by atoms with Crippen LogP contribution in [0.4, 0.5) is 0 Å². The van der Waals surface area contributed by atoms with Crippen LogP contribution < -0.4 is 0 Å². The van der Waals surface area contributed by atoms with Crippen LogP contribution in [-0.4, -0.2) is 208 Å². The second kappa shape index (κ2) is 59.2. The monoisotopic (exact) mass is 1320 g/mol. The third-order valence-corrected chi connectivity index (χ3v) is 25.2. The molecule has 0 aromatic rings. The average Bonchev–Trinajstić information content (AvgIpc) is 3.66. The van der Waals surface area contributed by atoms with E-state index < -0.39 is 67.9 Å². The Labute approximate surface area is 521 Å². The molecule has 0 bridgehead atoms. The molecule has 0 N–H and O–H groups in total. The molecular formula is C56H112O25Si5. The van der Waals surface area contributed by atoms with E-state index >= 15 is 0 Å². The summed E-state index contributed by atoms with van der Waals surface area (Å²) in [4.78, 5) is 55.0. The molecule has 86 heavy (non-hydrogen) atoms. The highest BCUT2D eigenvalue weighted by Gasteiger charge is 2.43. The van der Waals surface area contributed by atoms with Gasteiger partial charge in [-0.3, -0.25) is 0 Å². The molecule has 30 heteroatoms. The Bertz CT molecular complexity index is 1710. The quantitative estimate of drug-likeness (QED) is 0.0180. The van der Waals surface area contributed by atoms with E-state index in [0.717, 1.165) is 18.2 Å². The Kier molecular flexibility index (Phi) is 62.8. The number of rotatable bonds is 49. The van der Waals surface area contributed by atoms with E-state index in [4.69, 9.17) is 90.1 Å². The van der Waals surface area contributed by atoms with Crippen LogP contribution in [0.25, 0.3) is 0 Å². The van der Waals surface area contributed by atoms with Gasteiger partial charge in [-0.15, -0.1) is 0 Å². The normalized spacial score (nSPS) is 11.3. The molecule has 0 heterocycles. The van der Waals surface area contributed by atoms with Gasteiger partial charge in [0, 0.05) is 142 Å². The summed E-state index contributed by atoms with van der Waals surface area (Å²) < 4.78 is 108. The molecule has 25 nitrogen and oxygen atoms in total. The van der Waals surface area contributed by atoms with Crippen LogP contribution in [0.1, 0.15) is 110 Å². The summed E-state index contributed by atoms with van der Waals surface area (Å²) in [7, 11) is -8.68. The first-order chi connectivity index (χ1) is 40.9. The van der Waals surface area contributed by atoms with Crippen LogP contribution in [0.15, 0.2) is 62.3 Å². The van der Waals surface area contributed by atoms with E-state index in [2.05, 4.69) is 32.9 Å². The number of carbonyl (C=O) groups excluding carboxylic acids is 5. The highest BCUT2D eigenvalue weighted by molar-refractivity contribution is 6.62. The van der Waals surface area contributed by atoms with E-state index in [1.165, 1.54) is 21.3 Å². The summed E-state index contributed by atoms with van der Waals surface area (Å²) in [6.45, 7) is 50.8. The van der Waals surface area contributed by atoms with Crippen LogP contribution >= 0.6 is 0 Å². The zero-order chi connectivity index (χ0) is 66.8. The Hall–Kier alpha value is -3.47. The van der Waals surface area contributed by atoms with E-state index in [-0.39, 0.29) is 25.8 Å². The molecule has 0 aromatic carbocycles. The summed E-state index contributed by atoms with van der Waals surface area (Å²) >= 11 is 0. The van der Waals surface area contributed by atoms with Crippen molar-refractivity contribution >= 4 is 73.9 Å². The van der Waals surface area contributed by atoms with Crippen LogP contribution in [0.2, 0.25) is 30.2 Å². The lowest BCUT2D eigenvalue weighted by Gasteiger charge is -2.28. The molecular weight excluding hydrogens is 1210 g/mol. The summed E-state index contributed by atoms with van der Waals surface area (Å²) in [5.41, 5.74) is 0.787. The zero-order valence-corrected chi connectivity index (χ0v) is 60.4. The van der Waals surface area contributed by atoms with Crippen LogP contribution in [0.5, 0.6) is 0 Å². The maximum Gasteiger partial charge on any atom is 0.504 e. The van der Waals surface area contributed by atoms with Crippen molar-refractivity contribution < 1.29 is 114 Å². The smallest absolute Gasteiger partial charge is 0.463 e. The fourth-order valence-corrected chi connectivity index (χ4v) is 18.1. The van der Waals surface area contributed by atoms with Crippen LogP contribution in [0.3, 0.4) is 0 Å². The number of carbonyl (C=O) groups is 5. The highest BCUT2D eigenvalue weighted by Crippen LogP contribution is 2.21. The maximum atomic E-state index is 11.3. The van der Waals surface area contributed by atoms with Gasteiger partial charge in [0.1, 0.15) is 0 Å². The topological polar surface area (TPSA) is 270 Å². The Morgan fingerprint density at radius 3 is 0.698 bits per heavy atom. The van der Waals surface area contributed by atoms with Gasteiger partial charge in [-0.05, 0) is 110 Å². The van der Waals surface area contributed by atoms with Crippen molar-refractivity contribution in [1.29, 1.82) is 0 Å². The minimum Gasteiger partial charge on any atom is -0.463 e. The molecule has 0 saturated carbocycles. The van der Waals surface area contributed by atoms with Crippen molar-refractivity contribution in [3.05, 3.63) is 62.3 Å². The molecule has 0 aliphatic rings. The lowest BCUT2D eigenvalue weighted by Crippen LogP contribution is -2.47. The molecule has 0 fully saturated rings. The fraction of sp³-hybridized carbons (Fsp3) is 0.732. The summed E-state index contributed by atoms with van der Waals surface area (Å²) in [6, 6.07) is 2.64. The number of hydrogen-bond acceptors (Lipinski definition) is 25. The molecule has 506 valence electrons. The summed E-state index contributed by atoms with van der Waals surface area (Å²) in [5, 5.41) is 0. The molecule has 0 spiro atoms. The third-order valence-electron chi connectivity index (χ3n) is 10.2. The van der Waals surface area contributed by atoms with Crippen LogP contribution in [0, 0.1) is 0 Å². The van der Waals surface area contributed by atoms with E-state index in [0.29, 0.717) is 147 Å². The van der Waals surface area contributed by atoms with Gasteiger partial charge in [0.15, 0.2) is 0 Å². The third kappa shape index (κ3) is 46.6. The van der Waals surface area contributed by atoms with Crippen molar-refractivity contribution in [3.8, 4) is 0 Å².